The van der Waals surface area contributed by atoms with Gasteiger partial charge in [-0.1, -0.05) is 55.4 Å². The third-order valence-corrected chi connectivity index (χ3v) is 9.05. The summed E-state index contributed by atoms with van der Waals surface area (Å²) in [4.78, 5) is 22.1. The van der Waals surface area contributed by atoms with E-state index >= 15 is 0 Å². The molecule has 3 N–H and O–H groups in total. The molecule has 4 unspecified atom stereocenters. The number of carbonyl (C=O) groups excluding carboxylic acids is 2. The molecule has 0 saturated heterocycles. The maximum absolute atomic E-state index is 12.3. The third kappa shape index (κ3) is 20.4. The van der Waals surface area contributed by atoms with Crippen molar-refractivity contribution >= 4 is 51.7 Å². The molecular formula is C30H49F6ILiN4O9S2-. The molecule has 3 fully saturated rings. The summed E-state index contributed by atoms with van der Waals surface area (Å²) in [6.45, 7) is 16.8. The number of Topliss-reactive ketones (excluding diaryl/α,β-unsaturated/α-hetero) is 2. The number of nitrogens with two attached hydrogens (primary N) is 1. The smallest absolute Gasteiger partial charge is 0.658 e. The average Bonchev–Trinajstić information content (AvgIpc) is 2.97. The molecule has 0 aromatic rings. The van der Waals surface area contributed by atoms with Crippen molar-refractivity contribution < 1.29 is 85.9 Å². The Bertz CT molecular complexity index is 1490. The van der Waals surface area contributed by atoms with Crippen LogP contribution in [0.15, 0.2) is 23.7 Å². The van der Waals surface area contributed by atoms with Crippen LogP contribution in [0.4, 0.5) is 26.3 Å². The maximum Gasteiger partial charge on any atom is 1.00 e. The van der Waals surface area contributed by atoms with Crippen LogP contribution in [-0.4, -0.2) is 63.6 Å². The van der Waals surface area contributed by atoms with Gasteiger partial charge in [0.05, 0.1) is 0 Å². The van der Waals surface area contributed by atoms with Crippen LogP contribution in [-0.2, 0) is 41.3 Å². The summed E-state index contributed by atoms with van der Waals surface area (Å²) in [6, 6.07) is 2.00. The van der Waals surface area contributed by atoms with Crippen LogP contribution in [0.2, 0.25) is 2.82 Å². The van der Waals surface area contributed by atoms with Crippen LogP contribution in [0.1, 0.15) is 93.9 Å². The summed E-state index contributed by atoms with van der Waals surface area (Å²) in [5, 5.41) is 8.56. The minimum Gasteiger partial charge on any atom is -0.658 e. The molecule has 0 radical (unpaired) electrons. The molecule has 4 bridgehead atoms. The molecule has 0 heterocycles. The van der Waals surface area contributed by atoms with Gasteiger partial charge >= 0.3 is 50.1 Å². The van der Waals surface area contributed by atoms with Gasteiger partial charge in [-0.2, -0.15) is 43.2 Å². The second-order valence-electron chi connectivity index (χ2n) is 13.1. The van der Waals surface area contributed by atoms with E-state index in [1.807, 2.05) is 0 Å². The summed E-state index contributed by atoms with van der Waals surface area (Å²) in [7, 11) is -11.9. The number of nitrogens with zero attached hydrogens (tertiary/aromatic N) is 2. The Balaban J connectivity index is 0. The van der Waals surface area contributed by atoms with Crippen LogP contribution in [0.3, 0.4) is 0 Å². The van der Waals surface area contributed by atoms with Crippen LogP contribution in [0.5, 0.6) is 0 Å². The summed E-state index contributed by atoms with van der Waals surface area (Å²) in [5.41, 5.74) is -11.3. The number of ketones is 2. The average molecular weight is 924 g/mol. The SMILES string of the molecule is CC(C)[N-]C(C)C.CC(C)[N-]C(C)C.O=C1CC2CCC1CC2=O.O=S(=O)(OC1=CC2CCC1C=C2OS(=O)(=O)C(F)(F)F)C(F)(F)F.[2H]N([2H])I(=N)=O.[Li+]. The monoisotopic (exact) mass is 923 g/mol. The van der Waals surface area contributed by atoms with E-state index in [1.165, 1.54) is 0 Å². The zero-order valence-corrected chi connectivity index (χ0v) is 34.8. The van der Waals surface area contributed by atoms with Crippen LogP contribution in [0, 0.1) is 27.2 Å². The fourth-order valence-electron chi connectivity index (χ4n) is 5.31. The molecule has 23 heteroatoms. The first kappa shape index (κ1) is 49.7. The molecule has 6 rings (SSSR count). The van der Waals surface area contributed by atoms with Gasteiger partial charge in [-0.3, -0.25) is 9.59 Å². The topological polar surface area (TPSA) is 216 Å². The molecule has 0 aromatic heterocycles. The molecule has 6 aliphatic rings. The van der Waals surface area contributed by atoms with E-state index in [9.17, 15) is 55.8 Å². The summed E-state index contributed by atoms with van der Waals surface area (Å²) in [6.07, 6.45) is 4.75. The number of halogens is 7. The van der Waals surface area contributed by atoms with E-state index < -0.39 is 74.5 Å². The largest absolute Gasteiger partial charge is 1.00 e. The molecule has 0 amide bonds. The molecule has 4 atom stereocenters. The Labute approximate surface area is 330 Å². The minimum absolute atomic E-state index is 0. The number of alkyl halides is 6. The van der Waals surface area contributed by atoms with Gasteiger partial charge in [0.2, 0.25) is 0 Å². The van der Waals surface area contributed by atoms with Crippen LogP contribution < -0.4 is 22.8 Å². The Morgan fingerprint density at radius 3 is 1.11 bits per heavy atom. The van der Waals surface area contributed by atoms with E-state index in [0.717, 1.165) is 25.0 Å². The first-order valence-electron chi connectivity index (χ1n) is 17.0. The second kappa shape index (κ2) is 23.1. The number of carbonyl (C=O) groups is 2. The molecule has 53 heavy (non-hydrogen) atoms. The van der Waals surface area contributed by atoms with Crippen molar-refractivity contribution in [3.63, 3.8) is 0 Å². The van der Waals surface area contributed by atoms with Crippen LogP contribution >= 0.6 is 19.9 Å². The Morgan fingerprint density at radius 1 is 0.717 bits per heavy atom. The normalized spacial score (nSPS) is 22.9. The van der Waals surface area contributed by atoms with Gasteiger partial charge in [0.15, 0.2) is 0 Å². The van der Waals surface area contributed by atoms with Gasteiger partial charge < -0.3 is 19.0 Å². The van der Waals surface area contributed by atoms with Gasteiger partial charge in [0.25, 0.3) is 19.9 Å². The van der Waals surface area contributed by atoms with Crippen molar-refractivity contribution in [2.75, 3.05) is 0 Å². The molecule has 0 aromatic carbocycles. The van der Waals surface area contributed by atoms with Crippen molar-refractivity contribution in [1.82, 2.24) is 0 Å². The Hall–Kier alpha value is -1.29. The van der Waals surface area contributed by atoms with E-state index in [0.29, 0.717) is 48.6 Å². The quantitative estimate of drug-likeness (QED) is 0.0760. The van der Waals surface area contributed by atoms with Crippen molar-refractivity contribution in [3.8, 4) is 0 Å². The molecule has 0 aliphatic heterocycles. The van der Waals surface area contributed by atoms with Gasteiger partial charge in [0, 0.05) is 36.5 Å². The number of hydrogen-bond donors (Lipinski definition) is 2. The molecule has 6 aliphatic carbocycles. The summed E-state index contributed by atoms with van der Waals surface area (Å²) >= 11 is -3.22. The van der Waals surface area contributed by atoms with E-state index in [1.54, 1.807) is 0 Å². The van der Waals surface area contributed by atoms with Crippen molar-refractivity contribution in [2.45, 2.75) is 129 Å². The van der Waals surface area contributed by atoms with Gasteiger partial charge in [-0.25, -0.2) is 10.6 Å². The third-order valence-electron chi connectivity index (χ3n) is 7.09. The number of hydrogen-bond acceptors (Lipinski definition) is 10. The Morgan fingerprint density at radius 2 is 0.981 bits per heavy atom. The fourth-order valence-corrected chi connectivity index (χ4v) is 6.37. The number of allylic oxidation sites excluding steroid dienone is 2. The molecule has 3 saturated carbocycles. The van der Waals surface area contributed by atoms with Crippen molar-refractivity contribution in [2.24, 2.45) is 27.6 Å². The second-order valence-corrected chi connectivity index (χ2v) is 17.5. The van der Waals surface area contributed by atoms with Gasteiger partial charge in [-0.15, -0.1) is 24.2 Å². The number of rotatable bonds is 9. The zero-order chi connectivity index (χ0) is 42.6. The van der Waals surface area contributed by atoms with Crippen LogP contribution in [0.25, 0.3) is 10.6 Å². The first-order valence-corrected chi connectivity index (χ1v) is 21.8. The standard InChI is InChI=1S/C10H8F6O6S2.C8H10O2.2C6H14N.H3IN2O.Li/c11-9(12,13)23(17,18)21-7-4-6-2-1-5(7)3-8(6)22-24(19,20)10(14,15)16;9-7-4-6-2-1-5(7)3-8(6)10;2*1-5(2)7-6(3)4;2-1(3)4;/h3-6H,1-2H2;5-6H,1-4H2;2*5-6H,1-4H3;(H3,2,3,4);/q;;2*-1;;+1/i/hD2. The van der Waals surface area contributed by atoms with E-state index in [4.69, 9.17) is 6.39 Å². The van der Waals surface area contributed by atoms with Gasteiger partial charge in [-0.05, 0) is 37.8 Å². The molecule has 13 nitrogen and oxygen atoms in total. The predicted molar refractivity (Wildman–Crippen MR) is 189 cm³/mol. The maximum atomic E-state index is 12.3. The predicted octanol–water partition coefficient (Wildman–Crippen LogP) is 5.30. The minimum atomic E-state index is -5.93. The summed E-state index contributed by atoms with van der Waals surface area (Å²) in [5.74, 6) is -2.70. The molecule has 0 spiro atoms. The summed E-state index contributed by atoms with van der Waals surface area (Å²) < 4.78 is 153. The van der Waals surface area contributed by atoms with Crippen molar-refractivity contribution in [1.29, 1.82) is 3.56 Å². The Kier molecular flexibility index (Phi) is 21.6. The molecular weight excluding hydrogens is 872 g/mol. The number of nitrogens with one attached hydrogen (secondary N) is 1. The first-order chi connectivity index (χ1) is 24.3. The van der Waals surface area contributed by atoms with Crippen molar-refractivity contribution in [3.05, 3.63) is 34.3 Å². The van der Waals surface area contributed by atoms with E-state index in [-0.39, 0.29) is 47.5 Å². The molecule has 306 valence electrons. The zero-order valence-electron chi connectivity index (χ0n) is 33.0. The van der Waals surface area contributed by atoms with E-state index in [2.05, 4.69) is 74.4 Å². The fraction of sp³-hybridized carbons (Fsp3) is 0.800. The number of fused-ring (bicyclic) bond motifs is 4. The van der Waals surface area contributed by atoms with Gasteiger partial charge in [0.1, 0.15) is 25.9 Å².